The fourth-order valence-electron chi connectivity index (χ4n) is 1.46. The van der Waals surface area contributed by atoms with E-state index in [1.54, 1.807) is 12.1 Å². The Balaban J connectivity index is 2.08. The van der Waals surface area contributed by atoms with Crippen LogP contribution in [0.1, 0.15) is 29.0 Å². The second-order valence-electron chi connectivity index (χ2n) is 3.76. The van der Waals surface area contributed by atoms with Crippen molar-refractivity contribution < 1.29 is 14.3 Å². The topological polar surface area (TPSA) is 62.2 Å². The minimum absolute atomic E-state index is 0.0220. The van der Waals surface area contributed by atoms with Crippen LogP contribution in [0.4, 0.5) is 9.52 Å². The molecule has 1 aromatic carbocycles. The fraction of sp³-hybridized carbons (Fsp3) is 0.167. The minimum atomic E-state index is -1.05. The van der Waals surface area contributed by atoms with Gasteiger partial charge in [-0.3, -0.25) is 0 Å². The molecule has 0 aliphatic heterocycles. The molecule has 0 aliphatic carbocycles. The normalized spacial score (nSPS) is 12.1. The van der Waals surface area contributed by atoms with Gasteiger partial charge < -0.3 is 10.4 Å². The van der Waals surface area contributed by atoms with Gasteiger partial charge in [0, 0.05) is 5.38 Å². The summed E-state index contributed by atoms with van der Waals surface area (Å²) in [5.41, 5.74) is 0.928. The molecule has 1 atom stereocenters. The molecule has 18 heavy (non-hydrogen) atoms. The van der Waals surface area contributed by atoms with Crippen LogP contribution in [0.5, 0.6) is 0 Å². The van der Waals surface area contributed by atoms with E-state index in [4.69, 9.17) is 5.11 Å². The van der Waals surface area contributed by atoms with Crippen molar-refractivity contribution >= 4 is 22.4 Å². The van der Waals surface area contributed by atoms with E-state index in [1.807, 2.05) is 6.92 Å². The number of nitrogens with zero attached hydrogens (tertiary/aromatic N) is 1. The third-order valence-electron chi connectivity index (χ3n) is 2.43. The Bertz CT molecular complexity index is 553. The van der Waals surface area contributed by atoms with Gasteiger partial charge in [0.1, 0.15) is 5.82 Å². The van der Waals surface area contributed by atoms with E-state index in [2.05, 4.69) is 10.3 Å². The Kier molecular flexibility index (Phi) is 3.57. The van der Waals surface area contributed by atoms with Gasteiger partial charge in [-0.1, -0.05) is 12.1 Å². The van der Waals surface area contributed by atoms with Crippen molar-refractivity contribution in [1.82, 2.24) is 4.98 Å². The lowest BCUT2D eigenvalue weighted by molar-refractivity contribution is 0.0691. The number of hydrogen-bond acceptors (Lipinski definition) is 4. The molecule has 94 valence electrons. The van der Waals surface area contributed by atoms with E-state index in [-0.39, 0.29) is 17.6 Å². The molecule has 0 saturated carbocycles. The molecule has 0 bridgehead atoms. The maximum Gasteiger partial charge on any atom is 0.355 e. The van der Waals surface area contributed by atoms with E-state index in [1.165, 1.54) is 28.8 Å². The number of carboxylic acids is 1. The molecule has 1 aromatic heterocycles. The Labute approximate surface area is 107 Å². The Morgan fingerprint density at radius 1 is 1.44 bits per heavy atom. The molecule has 1 unspecified atom stereocenters. The first-order chi connectivity index (χ1) is 8.56. The summed E-state index contributed by atoms with van der Waals surface area (Å²) in [5, 5.41) is 13.8. The second kappa shape index (κ2) is 5.14. The van der Waals surface area contributed by atoms with Crippen LogP contribution in [-0.2, 0) is 0 Å². The highest BCUT2D eigenvalue weighted by Crippen LogP contribution is 2.22. The summed E-state index contributed by atoms with van der Waals surface area (Å²) in [7, 11) is 0. The van der Waals surface area contributed by atoms with Crippen molar-refractivity contribution in [2.24, 2.45) is 0 Å². The molecule has 2 aromatic rings. The molecule has 0 amide bonds. The molecule has 2 rings (SSSR count). The van der Waals surface area contributed by atoms with Gasteiger partial charge >= 0.3 is 5.97 Å². The van der Waals surface area contributed by atoms with Gasteiger partial charge in [-0.15, -0.1) is 11.3 Å². The number of rotatable bonds is 4. The number of halogens is 1. The van der Waals surface area contributed by atoms with Crippen molar-refractivity contribution in [2.45, 2.75) is 13.0 Å². The minimum Gasteiger partial charge on any atom is -0.476 e. The number of carbonyl (C=O) groups is 1. The highest BCUT2D eigenvalue weighted by molar-refractivity contribution is 7.13. The number of thiazole rings is 1. The highest BCUT2D eigenvalue weighted by Gasteiger charge is 2.11. The van der Waals surface area contributed by atoms with E-state index in [0.717, 1.165) is 5.56 Å². The standard InChI is InChI=1S/C12H11FN2O2S/c1-7(8-2-4-9(13)5-3-8)14-12-15-10(6-18-12)11(16)17/h2-7H,1H3,(H,14,15)(H,16,17). The average Bonchev–Trinajstić information content (AvgIpc) is 2.78. The SMILES string of the molecule is CC(Nc1nc(C(=O)O)cs1)c1ccc(F)cc1. The van der Waals surface area contributed by atoms with Gasteiger partial charge in [0.25, 0.3) is 0 Å². The number of benzene rings is 1. The number of anilines is 1. The lowest BCUT2D eigenvalue weighted by atomic mass is 10.1. The molecule has 6 heteroatoms. The van der Waals surface area contributed by atoms with Crippen LogP contribution in [0.15, 0.2) is 29.6 Å². The lowest BCUT2D eigenvalue weighted by Gasteiger charge is -2.12. The Morgan fingerprint density at radius 2 is 2.11 bits per heavy atom. The van der Waals surface area contributed by atoms with E-state index in [0.29, 0.717) is 5.13 Å². The van der Waals surface area contributed by atoms with Crippen molar-refractivity contribution in [3.63, 3.8) is 0 Å². The Morgan fingerprint density at radius 3 is 2.67 bits per heavy atom. The molecule has 1 heterocycles. The van der Waals surface area contributed by atoms with Crippen LogP contribution in [0.3, 0.4) is 0 Å². The summed E-state index contributed by atoms with van der Waals surface area (Å²) in [6, 6.07) is 6.06. The summed E-state index contributed by atoms with van der Waals surface area (Å²) in [6.07, 6.45) is 0. The van der Waals surface area contributed by atoms with Gasteiger partial charge in [-0.25, -0.2) is 14.2 Å². The van der Waals surface area contributed by atoms with Gasteiger partial charge in [0.15, 0.2) is 10.8 Å². The zero-order chi connectivity index (χ0) is 13.1. The molecule has 4 nitrogen and oxygen atoms in total. The lowest BCUT2D eigenvalue weighted by Crippen LogP contribution is -2.07. The van der Waals surface area contributed by atoms with Gasteiger partial charge in [-0.05, 0) is 24.6 Å². The monoisotopic (exact) mass is 266 g/mol. The smallest absolute Gasteiger partial charge is 0.355 e. The maximum atomic E-state index is 12.8. The molecule has 0 spiro atoms. The fourth-order valence-corrected chi connectivity index (χ4v) is 2.23. The Hall–Kier alpha value is -1.95. The van der Waals surface area contributed by atoms with Crippen LogP contribution < -0.4 is 5.32 Å². The van der Waals surface area contributed by atoms with Gasteiger partial charge in [0.05, 0.1) is 6.04 Å². The predicted molar refractivity (Wildman–Crippen MR) is 67.5 cm³/mol. The molecule has 2 N–H and O–H groups in total. The summed E-state index contributed by atoms with van der Waals surface area (Å²) in [4.78, 5) is 14.6. The number of aromatic nitrogens is 1. The zero-order valence-corrected chi connectivity index (χ0v) is 10.4. The molecule has 0 saturated heterocycles. The van der Waals surface area contributed by atoms with Crippen molar-refractivity contribution in [3.05, 3.63) is 46.7 Å². The molecular formula is C12H11FN2O2S. The summed E-state index contributed by atoms with van der Waals surface area (Å²) < 4.78 is 12.8. The number of nitrogens with one attached hydrogen (secondary N) is 1. The summed E-state index contributed by atoms with van der Waals surface area (Å²) in [5.74, 6) is -1.33. The summed E-state index contributed by atoms with van der Waals surface area (Å²) in [6.45, 7) is 1.90. The highest BCUT2D eigenvalue weighted by atomic mass is 32.1. The van der Waals surface area contributed by atoms with Crippen molar-refractivity contribution in [3.8, 4) is 0 Å². The molecule has 0 aliphatic rings. The maximum absolute atomic E-state index is 12.8. The quantitative estimate of drug-likeness (QED) is 0.892. The summed E-state index contributed by atoms with van der Waals surface area (Å²) >= 11 is 1.23. The number of carboxylic acid groups (broad SMARTS) is 1. The molecule has 0 fully saturated rings. The van der Waals surface area contributed by atoms with E-state index < -0.39 is 5.97 Å². The van der Waals surface area contributed by atoms with Gasteiger partial charge in [0.2, 0.25) is 0 Å². The second-order valence-corrected chi connectivity index (χ2v) is 4.62. The average molecular weight is 266 g/mol. The third-order valence-corrected chi connectivity index (χ3v) is 3.21. The molecule has 0 radical (unpaired) electrons. The first-order valence-electron chi connectivity index (χ1n) is 5.27. The van der Waals surface area contributed by atoms with Gasteiger partial charge in [-0.2, -0.15) is 0 Å². The van der Waals surface area contributed by atoms with Crippen molar-refractivity contribution in [1.29, 1.82) is 0 Å². The number of hydrogen-bond donors (Lipinski definition) is 2. The van der Waals surface area contributed by atoms with Crippen LogP contribution in [0.2, 0.25) is 0 Å². The van der Waals surface area contributed by atoms with E-state index in [9.17, 15) is 9.18 Å². The number of aromatic carboxylic acids is 1. The van der Waals surface area contributed by atoms with Crippen LogP contribution in [-0.4, -0.2) is 16.1 Å². The zero-order valence-electron chi connectivity index (χ0n) is 9.55. The van der Waals surface area contributed by atoms with Crippen molar-refractivity contribution in [2.75, 3.05) is 5.32 Å². The third kappa shape index (κ3) is 2.84. The van der Waals surface area contributed by atoms with Crippen LogP contribution >= 0.6 is 11.3 Å². The van der Waals surface area contributed by atoms with Crippen LogP contribution in [0.25, 0.3) is 0 Å². The van der Waals surface area contributed by atoms with Crippen LogP contribution in [0, 0.1) is 5.82 Å². The van der Waals surface area contributed by atoms with E-state index >= 15 is 0 Å². The molecular weight excluding hydrogens is 255 g/mol. The largest absolute Gasteiger partial charge is 0.476 e. The first kappa shape index (κ1) is 12.5. The first-order valence-corrected chi connectivity index (χ1v) is 6.15. The predicted octanol–water partition coefficient (Wildman–Crippen LogP) is 3.15.